The van der Waals surface area contributed by atoms with Gasteiger partial charge in [0.05, 0.1) is 0 Å². The first-order valence-corrected chi connectivity index (χ1v) is 17.9. The molecule has 4 aromatic rings. The highest BCUT2D eigenvalue weighted by Crippen LogP contribution is 2.44. The van der Waals surface area contributed by atoms with E-state index in [-0.39, 0.29) is 44.7 Å². The molecule has 0 amide bonds. The average molecular weight is 876 g/mol. The van der Waals surface area contributed by atoms with Crippen LogP contribution >= 0.6 is 31.9 Å². The topological polar surface area (TPSA) is 217 Å². The van der Waals surface area contributed by atoms with Crippen LogP contribution in [0.1, 0.15) is 10.4 Å². The molecule has 5 N–H and O–H groups in total. The lowest BCUT2D eigenvalue weighted by Crippen LogP contribution is -2.07. The van der Waals surface area contributed by atoms with Gasteiger partial charge in [-0.3, -0.25) is 18.7 Å². The minimum Gasteiger partial charge on any atom is -0.508 e. The second kappa shape index (κ2) is 15.2. The molecule has 1 aliphatic carbocycles. The molecular formula is C32H19Br2F3O12S2. The minimum atomic E-state index is -4.74. The second-order valence-corrected chi connectivity index (χ2v) is 14.7. The maximum absolute atomic E-state index is 14.1. The van der Waals surface area contributed by atoms with Gasteiger partial charge in [-0.25, -0.2) is 13.2 Å². The summed E-state index contributed by atoms with van der Waals surface area (Å²) >= 11 is 6.14. The molecule has 0 radical (unpaired) electrons. The van der Waals surface area contributed by atoms with E-state index >= 15 is 0 Å². The van der Waals surface area contributed by atoms with Gasteiger partial charge in [0, 0.05) is 54.8 Å². The smallest absolute Gasteiger partial charge is 0.295 e. The Balaban J connectivity index is 0.000000217. The minimum absolute atomic E-state index is 0.000764. The summed E-state index contributed by atoms with van der Waals surface area (Å²) in [5.41, 5.74) is -1.22. The average Bonchev–Trinajstić information content (AvgIpc) is 3.03. The molecular weight excluding hydrogens is 857 g/mol. The van der Waals surface area contributed by atoms with Gasteiger partial charge in [0.25, 0.3) is 20.2 Å². The van der Waals surface area contributed by atoms with Crippen molar-refractivity contribution in [1.82, 2.24) is 0 Å². The number of aromatic hydroxyl groups is 3. The molecule has 0 saturated heterocycles. The molecule has 0 spiro atoms. The number of hydrogen-bond donors (Lipinski definition) is 5. The number of phenols is 3. The molecule has 0 fully saturated rings. The number of halogens is 5. The molecule has 6 rings (SSSR count). The molecule has 4 aromatic carbocycles. The highest BCUT2D eigenvalue weighted by atomic mass is 79.9. The SMILES string of the molecule is O=Cc1ccc(Br)cc1S(=O)(=O)O.O=c1cc2oc3cc(O)c(F)cc3c(-c3ccc(Br)cc3S(=O)(=O)O)c-2cc1F.Oc1ccc(F)c(O)c1. The summed E-state index contributed by atoms with van der Waals surface area (Å²) in [6.07, 6.45) is 0.371. The fourth-order valence-electron chi connectivity index (χ4n) is 4.44. The molecule has 0 bridgehead atoms. The van der Waals surface area contributed by atoms with Crippen LogP contribution in [0.4, 0.5) is 13.2 Å². The Labute approximate surface area is 302 Å². The molecule has 2 aliphatic rings. The van der Waals surface area contributed by atoms with Crippen molar-refractivity contribution in [3.63, 3.8) is 0 Å². The van der Waals surface area contributed by atoms with Crippen molar-refractivity contribution in [3.8, 4) is 39.7 Å². The Bertz CT molecular complexity index is 2580. The summed E-state index contributed by atoms with van der Waals surface area (Å²) < 4.78 is 110. The van der Waals surface area contributed by atoms with Gasteiger partial charge in [-0.05, 0) is 54.6 Å². The quantitative estimate of drug-likeness (QED) is 0.0670. The van der Waals surface area contributed by atoms with Crippen molar-refractivity contribution in [3.05, 3.63) is 121 Å². The van der Waals surface area contributed by atoms with E-state index in [4.69, 9.17) is 19.2 Å². The molecule has 19 heteroatoms. The zero-order chi connectivity index (χ0) is 38.0. The monoisotopic (exact) mass is 874 g/mol. The first kappa shape index (κ1) is 39.0. The Hall–Kier alpha value is -4.79. The van der Waals surface area contributed by atoms with Gasteiger partial charge in [0.2, 0.25) is 5.43 Å². The van der Waals surface area contributed by atoms with E-state index in [0.717, 1.165) is 48.5 Å². The summed E-state index contributed by atoms with van der Waals surface area (Å²) in [5, 5.41) is 26.8. The fourth-order valence-corrected chi connectivity index (χ4v) is 6.88. The lowest BCUT2D eigenvalue weighted by atomic mass is 9.93. The van der Waals surface area contributed by atoms with E-state index in [0.29, 0.717) is 15.2 Å². The van der Waals surface area contributed by atoms with E-state index in [2.05, 4.69) is 31.9 Å². The molecule has 0 atom stereocenters. The van der Waals surface area contributed by atoms with Crippen molar-refractivity contribution >= 4 is 69.4 Å². The Kier molecular flexibility index (Phi) is 11.6. The summed E-state index contributed by atoms with van der Waals surface area (Å²) in [6, 6.07) is 14.6. The maximum Gasteiger partial charge on any atom is 0.295 e. The second-order valence-electron chi connectivity index (χ2n) is 10.1. The van der Waals surface area contributed by atoms with Crippen LogP contribution in [-0.4, -0.2) is 47.5 Å². The molecule has 51 heavy (non-hydrogen) atoms. The van der Waals surface area contributed by atoms with Gasteiger partial charge < -0.3 is 19.7 Å². The van der Waals surface area contributed by atoms with Gasteiger partial charge >= 0.3 is 0 Å². The molecule has 0 saturated carbocycles. The lowest BCUT2D eigenvalue weighted by Gasteiger charge is -2.17. The number of carbonyl (C=O) groups excluding carboxylic acids is 1. The Morgan fingerprint density at radius 2 is 1.24 bits per heavy atom. The molecule has 0 aromatic heterocycles. The van der Waals surface area contributed by atoms with Crippen LogP contribution < -0.4 is 5.43 Å². The lowest BCUT2D eigenvalue weighted by molar-refractivity contribution is 0.112. The molecule has 1 aliphatic heterocycles. The third-order valence-corrected chi connectivity index (χ3v) is 9.43. The van der Waals surface area contributed by atoms with Crippen LogP contribution in [0.3, 0.4) is 0 Å². The summed E-state index contributed by atoms with van der Waals surface area (Å²) in [4.78, 5) is 21.2. The fraction of sp³-hybridized carbons (Fsp3) is 0. The van der Waals surface area contributed by atoms with Crippen LogP contribution in [-0.2, 0) is 20.2 Å². The number of hydrogen-bond acceptors (Lipinski definition) is 10. The van der Waals surface area contributed by atoms with Crippen LogP contribution in [0.15, 0.2) is 107 Å². The number of fused-ring (bicyclic) bond motifs is 2. The first-order chi connectivity index (χ1) is 23.7. The van der Waals surface area contributed by atoms with E-state index in [1.807, 2.05) is 0 Å². The van der Waals surface area contributed by atoms with E-state index < -0.39 is 64.4 Å². The predicted molar refractivity (Wildman–Crippen MR) is 183 cm³/mol. The third kappa shape index (κ3) is 9.12. The highest BCUT2D eigenvalue weighted by molar-refractivity contribution is 9.10. The first-order valence-electron chi connectivity index (χ1n) is 13.5. The number of carbonyl (C=O) groups is 1. The van der Waals surface area contributed by atoms with Gasteiger partial charge in [0.15, 0.2) is 35.2 Å². The van der Waals surface area contributed by atoms with Gasteiger partial charge in [-0.1, -0.05) is 37.9 Å². The molecule has 0 unspecified atom stereocenters. The maximum atomic E-state index is 14.1. The highest BCUT2D eigenvalue weighted by Gasteiger charge is 2.26. The molecule has 266 valence electrons. The predicted octanol–water partition coefficient (Wildman–Crippen LogP) is 7.30. The number of rotatable bonds is 4. The number of aldehydes is 1. The van der Waals surface area contributed by atoms with E-state index in [9.17, 15) is 49.3 Å². The van der Waals surface area contributed by atoms with Gasteiger partial charge in [-0.2, -0.15) is 16.8 Å². The van der Waals surface area contributed by atoms with E-state index in [1.54, 1.807) is 0 Å². The zero-order valence-corrected chi connectivity index (χ0v) is 29.7. The Morgan fingerprint density at radius 3 is 1.80 bits per heavy atom. The standard InChI is InChI=1S/C19H9BrF2O6S.C7H5BrO4S.C6H5FO2/c20-8-1-2-9(18(3-8)29(25,26)27)19-10-4-12(21)14(23)6-16(10)28-17-7-15(24)13(22)5-11(17)19;8-6-2-1-5(4-9)7(3-6)13(10,11)12;7-5-2-1-4(8)3-6(5)9/h1-7,23H,(H,25,26,27);1-4H,(H,10,11,12);1-3,8-9H. The van der Waals surface area contributed by atoms with Crippen molar-refractivity contribution in [1.29, 1.82) is 0 Å². The number of phenolic OH excluding ortho intramolecular Hbond substituents is 3. The van der Waals surface area contributed by atoms with Crippen LogP contribution in [0.5, 0.6) is 17.2 Å². The zero-order valence-electron chi connectivity index (χ0n) is 24.9. The number of benzene rings is 5. The van der Waals surface area contributed by atoms with Crippen molar-refractivity contribution in [2.75, 3.05) is 0 Å². The van der Waals surface area contributed by atoms with Gasteiger partial charge in [-0.15, -0.1) is 0 Å². The van der Waals surface area contributed by atoms with Crippen molar-refractivity contribution in [2.45, 2.75) is 9.79 Å². The van der Waals surface area contributed by atoms with Crippen LogP contribution in [0, 0.1) is 17.5 Å². The molecule has 1 heterocycles. The van der Waals surface area contributed by atoms with Gasteiger partial charge in [0.1, 0.15) is 26.9 Å². The summed E-state index contributed by atoms with van der Waals surface area (Å²) in [5.74, 6) is -4.41. The Morgan fingerprint density at radius 1 is 0.647 bits per heavy atom. The summed E-state index contributed by atoms with van der Waals surface area (Å²) in [6.45, 7) is 0. The van der Waals surface area contributed by atoms with Crippen LogP contribution in [0.2, 0.25) is 0 Å². The van der Waals surface area contributed by atoms with E-state index in [1.165, 1.54) is 30.3 Å². The largest absolute Gasteiger partial charge is 0.508 e. The third-order valence-electron chi connectivity index (χ3n) is 6.64. The molecule has 12 nitrogen and oxygen atoms in total. The summed E-state index contributed by atoms with van der Waals surface area (Å²) in [7, 11) is -9.07. The van der Waals surface area contributed by atoms with Crippen molar-refractivity contribution in [2.24, 2.45) is 0 Å². The van der Waals surface area contributed by atoms with Crippen molar-refractivity contribution < 1.29 is 63.6 Å². The normalized spacial score (nSPS) is 11.4. The van der Waals surface area contributed by atoms with Crippen LogP contribution in [0.25, 0.3) is 33.4 Å².